The van der Waals surface area contributed by atoms with E-state index in [1.807, 2.05) is 25.1 Å². The first-order valence-electron chi connectivity index (χ1n) is 7.03. The molecule has 0 amide bonds. The molecule has 1 aromatic rings. The second-order valence-corrected chi connectivity index (χ2v) is 4.97. The molecule has 1 aromatic carbocycles. The fourth-order valence-corrected chi connectivity index (χ4v) is 2.52. The average Bonchev–Trinajstić information content (AvgIpc) is 2.79. The van der Waals surface area contributed by atoms with Crippen LogP contribution in [-0.4, -0.2) is 48.8 Å². The fraction of sp³-hybridized carbons (Fsp3) is 0.500. The maximum absolute atomic E-state index is 9.98. The van der Waals surface area contributed by atoms with Gasteiger partial charge in [0.1, 0.15) is 18.3 Å². The SMILES string of the molecule is CC[C@@H]1O[C@H](/C=C/c2cccc(OC)c2OC)[C@@H](O)[C@H]1O. The normalized spacial score (nSPS) is 29.0. The van der Waals surface area contributed by atoms with E-state index < -0.39 is 18.3 Å². The molecule has 0 radical (unpaired) electrons. The van der Waals surface area contributed by atoms with Crippen LogP contribution in [0.2, 0.25) is 0 Å². The molecule has 1 saturated heterocycles. The molecule has 0 saturated carbocycles. The Labute approximate surface area is 124 Å². The van der Waals surface area contributed by atoms with Crippen molar-refractivity contribution in [2.45, 2.75) is 37.8 Å². The number of ether oxygens (including phenoxy) is 3. The molecular formula is C16H22O5. The van der Waals surface area contributed by atoms with E-state index in [4.69, 9.17) is 14.2 Å². The molecule has 5 heteroatoms. The molecule has 116 valence electrons. The molecule has 0 spiro atoms. The van der Waals surface area contributed by atoms with E-state index in [9.17, 15) is 10.2 Å². The van der Waals surface area contributed by atoms with E-state index in [1.165, 1.54) is 0 Å². The van der Waals surface area contributed by atoms with Crippen LogP contribution in [0.5, 0.6) is 11.5 Å². The van der Waals surface area contributed by atoms with Crippen LogP contribution < -0.4 is 9.47 Å². The number of methoxy groups -OCH3 is 2. The minimum Gasteiger partial charge on any atom is -0.493 e. The van der Waals surface area contributed by atoms with Crippen molar-refractivity contribution < 1.29 is 24.4 Å². The lowest BCUT2D eigenvalue weighted by molar-refractivity contribution is 0.0195. The van der Waals surface area contributed by atoms with E-state index in [0.717, 1.165) is 5.56 Å². The molecule has 0 bridgehead atoms. The predicted molar refractivity (Wildman–Crippen MR) is 79.5 cm³/mol. The highest BCUT2D eigenvalue weighted by Crippen LogP contribution is 2.32. The van der Waals surface area contributed by atoms with Crippen molar-refractivity contribution in [2.24, 2.45) is 0 Å². The number of rotatable bonds is 5. The number of aliphatic hydroxyl groups is 2. The molecule has 5 nitrogen and oxygen atoms in total. The van der Waals surface area contributed by atoms with Crippen LogP contribution in [0, 0.1) is 0 Å². The number of hydrogen-bond acceptors (Lipinski definition) is 5. The second kappa shape index (κ2) is 6.93. The van der Waals surface area contributed by atoms with Crippen molar-refractivity contribution in [3.8, 4) is 11.5 Å². The predicted octanol–water partition coefficient (Wildman–Crippen LogP) is 1.62. The first kappa shape index (κ1) is 15.8. The van der Waals surface area contributed by atoms with Crippen LogP contribution >= 0.6 is 0 Å². The van der Waals surface area contributed by atoms with Crippen LogP contribution in [0.1, 0.15) is 18.9 Å². The van der Waals surface area contributed by atoms with Crippen molar-refractivity contribution in [1.29, 1.82) is 0 Å². The highest BCUT2D eigenvalue weighted by molar-refractivity contribution is 5.62. The van der Waals surface area contributed by atoms with Crippen LogP contribution in [0.25, 0.3) is 6.08 Å². The van der Waals surface area contributed by atoms with Crippen molar-refractivity contribution in [2.75, 3.05) is 14.2 Å². The molecule has 21 heavy (non-hydrogen) atoms. The molecule has 0 aliphatic carbocycles. The zero-order valence-electron chi connectivity index (χ0n) is 12.5. The topological polar surface area (TPSA) is 68.2 Å². The Morgan fingerprint density at radius 3 is 2.52 bits per heavy atom. The monoisotopic (exact) mass is 294 g/mol. The molecule has 0 unspecified atom stereocenters. The zero-order chi connectivity index (χ0) is 15.4. The summed E-state index contributed by atoms with van der Waals surface area (Å²) in [5.41, 5.74) is 0.821. The lowest BCUT2D eigenvalue weighted by atomic mass is 10.1. The summed E-state index contributed by atoms with van der Waals surface area (Å²) in [5, 5.41) is 19.8. The van der Waals surface area contributed by atoms with E-state index >= 15 is 0 Å². The van der Waals surface area contributed by atoms with Gasteiger partial charge in [-0.05, 0) is 12.5 Å². The van der Waals surface area contributed by atoms with Gasteiger partial charge in [0.2, 0.25) is 0 Å². The molecule has 2 N–H and O–H groups in total. The quantitative estimate of drug-likeness (QED) is 0.863. The highest BCUT2D eigenvalue weighted by atomic mass is 16.5. The van der Waals surface area contributed by atoms with Gasteiger partial charge in [0.25, 0.3) is 0 Å². The smallest absolute Gasteiger partial charge is 0.167 e. The molecule has 1 fully saturated rings. The van der Waals surface area contributed by atoms with Crippen molar-refractivity contribution in [1.82, 2.24) is 0 Å². The van der Waals surface area contributed by atoms with E-state index in [1.54, 1.807) is 26.4 Å². The summed E-state index contributed by atoms with van der Waals surface area (Å²) in [6.07, 6.45) is 1.58. The first-order valence-corrected chi connectivity index (χ1v) is 7.03. The lowest BCUT2D eigenvalue weighted by Crippen LogP contribution is -2.31. The molecule has 4 atom stereocenters. The van der Waals surface area contributed by atoms with Crippen molar-refractivity contribution in [3.05, 3.63) is 29.8 Å². The fourth-order valence-electron chi connectivity index (χ4n) is 2.52. The highest BCUT2D eigenvalue weighted by Gasteiger charge is 2.40. The Balaban J connectivity index is 2.18. The van der Waals surface area contributed by atoms with Gasteiger partial charge in [0.15, 0.2) is 11.5 Å². The summed E-state index contributed by atoms with van der Waals surface area (Å²) in [6, 6.07) is 5.55. The van der Waals surface area contributed by atoms with Crippen LogP contribution in [0.4, 0.5) is 0 Å². The number of benzene rings is 1. The first-order chi connectivity index (χ1) is 10.1. The summed E-state index contributed by atoms with van der Waals surface area (Å²) >= 11 is 0. The number of aliphatic hydroxyl groups excluding tert-OH is 2. The van der Waals surface area contributed by atoms with E-state index in [2.05, 4.69) is 0 Å². The minimum atomic E-state index is -0.914. The van der Waals surface area contributed by atoms with Crippen LogP contribution in [0.15, 0.2) is 24.3 Å². The molecular weight excluding hydrogens is 272 g/mol. The van der Waals surface area contributed by atoms with Crippen molar-refractivity contribution >= 4 is 6.08 Å². The Hall–Kier alpha value is -1.56. The summed E-state index contributed by atoms with van der Waals surface area (Å²) in [7, 11) is 3.16. The second-order valence-electron chi connectivity index (χ2n) is 4.97. The third-order valence-corrected chi connectivity index (χ3v) is 3.70. The maximum atomic E-state index is 9.98. The van der Waals surface area contributed by atoms with Gasteiger partial charge in [-0.3, -0.25) is 0 Å². The van der Waals surface area contributed by atoms with Crippen LogP contribution in [0.3, 0.4) is 0 Å². The van der Waals surface area contributed by atoms with Crippen LogP contribution in [-0.2, 0) is 4.74 Å². The number of para-hydroxylation sites is 1. The standard InChI is InChI=1S/C16H22O5/c1-4-11-14(17)15(18)12(21-11)9-8-10-6-5-7-13(19-2)16(10)20-3/h5-9,11-12,14-15,17-18H,4H2,1-3H3/b9-8+/t11-,12+,14-,15+/m0/s1. The van der Waals surface area contributed by atoms with Gasteiger partial charge in [-0.2, -0.15) is 0 Å². The Kier molecular flexibility index (Phi) is 5.22. The Morgan fingerprint density at radius 2 is 1.95 bits per heavy atom. The van der Waals surface area contributed by atoms with Gasteiger partial charge in [-0.1, -0.05) is 31.2 Å². The van der Waals surface area contributed by atoms with Gasteiger partial charge in [-0.15, -0.1) is 0 Å². The molecule has 2 rings (SSSR count). The summed E-state index contributed by atoms with van der Waals surface area (Å²) in [5.74, 6) is 1.26. The van der Waals surface area contributed by atoms with Gasteiger partial charge >= 0.3 is 0 Å². The Bertz CT molecular complexity index is 499. The van der Waals surface area contributed by atoms with Gasteiger partial charge in [0, 0.05) is 5.56 Å². The third kappa shape index (κ3) is 3.20. The third-order valence-electron chi connectivity index (χ3n) is 3.70. The molecule has 0 aromatic heterocycles. The molecule has 1 heterocycles. The Morgan fingerprint density at radius 1 is 1.19 bits per heavy atom. The minimum absolute atomic E-state index is 0.332. The summed E-state index contributed by atoms with van der Waals surface area (Å²) < 4.78 is 16.2. The van der Waals surface area contributed by atoms with Gasteiger partial charge < -0.3 is 24.4 Å². The summed E-state index contributed by atoms with van der Waals surface area (Å²) in [6.45, 7) is 1.91. The van der Waals surface area contributed by atoms with E-state index in [0.29, 0.717) is 17.9 Å². The van der Waals surface area contributed by atoms with E-state index in [-0.39, 0.29) is 6.10 Å². The molecule has 1 aliphatic rings. The van der Waals surface area contributed by atoms with Gasteiger partial charge in [-0.25, -0.2) is 0 Å². The average molecular weight is 294 g/mol. The molecule has 1 aliphatic heterocycles. The zero-order valence-corrected chi connectivity index (χ0v) is 12.5. The largest absolute Gasteiger partial charge is 0.493 e. The van der Waals surface area contributed by atoms with Crippen molar-refractivity contribution in [3.63, 3.8) is 0 Å². The summed E-state index contributed by atoms with van der Waals surface area (Å²) in [4.78, 5) is 0. The lowest BCUT2D eigenvalue weighted by Gasteiger charge is -2.12. The number of hydrogen-bond donors (Lipinski definition) is 2. The van der Waals surface area contributed by atoms with Gasteiger partial charge in [0.05, 0.1) is 20.3 Å². The maximum Gasteiger partial charge on any atom is 0.167 e.